The quantitative estimate of drug-likeness (QED) is 0.0943. The number of amides is 1. The third-order valence-corrected chi connectivity index (χ3v) is 7.77. The summed E-state index contributed by atoms with van der Waals surface area (Å²) in [6.07, 6.45) is 5.27. The zero-order valence-corrected chi connectivity index (χ0v) is 28.1. The molecule has 0 saturated carbocycles. The minimum absolute atomic E-state index is 0.0123. The molecule has 1 aromatic rings. The van der Waals surface area contributed by atoms with Crippen LogP contribution in [0.2, 0.25) is 0 Å². The van der Waals surface area contributed by atoms with E-state index < -0.39 is 53.5 Å². The molecule has 1 aromatic carbocycles. The fraction of sp³-hybridized carbons (Fsp3) is 0.714. The molecular weight excluding hydrogens is 585 g/mol. The summed E-state index contributed by atoms with van der Waals surface area (Å²) in [6.45, 7) is 9.26. The predicted molar refractivity (Wildman–Crippen MR) is 171 cm³/mol. The molecule has 7 nitrogen and oxygen atoms in total. The fourth-order valence-electron chi connectivity index (χ4n) is 5.43. The summed E-state index contributed by atoms with van der Waals surface area (Å²) in [5, 5.41) is 5.91. The Labute approximate surface area is 267 Å². The highest BCUT2D eigenvalue weighted by Gasteiger charge is 2.37. The summed E-state index contributed by atoms with van der Waals surface area (Å²) in [5.41, 5.74) is -1.70. The second-order valence-corrected chi connectivity index (χ2v) is 13.0. The van der Waals surface area contributed by atoms with E-state index in [0.29, 0.717) is 12.8 Å². The van der Waals surface area contributed by atoms with E-state index in [1.54, 1.807) is 0 Å². The molecule has 0 heterocycles. The Hall–Kier alpha value is -2.75. The summed E-state index contributed by atoms with van der Waals surface area (Å²) in [5.74, 6) is -2.76. The lowest BCUT2D eigenvalue weighted by atomic mass is 9.89. The van der Waals surface area contributed by atoms with Crippen molar-refractivity contribution in [1.82, 2.24) is 10.6 Å². The number of nitrogens with one attached hydrogen (secondary N) is 2. The Bertz CT molecular complexity index is 1070. The smallest absolute Gasteiger partial charge is 0.417 e. The van der Waals surface area contributed by atoms with Gasteiger partial charge in [0.05, 0.1) is 17.2 Å². The molecule has 256 valence electrons. The molecule has 0 saturated heterocycles. The average Bonchev–Trinajstić information content (AvgIpc) is 2.94. The number of carbonyl (C=O) groups excluding carboxylic acids is 4. The number of unbranched alkanes of at least 4 members (excludes halogenated alkanes) is 7. The number of ketones is 2. The number of halogens is 3. The SMILES string of the molecule is CNCCCCCCCCCCC(=O)C[C@@H](CC(C)C)C(=O)N[C@@H](CC(C)C)C(=O)COC(=O)c1c(C)cccc1C(F)(F)F. The van der Waals surface area contributed by atoms with Gasteiger partial charge in [-0.25, -0.2) is 4.79 Å². The van der Waals surface area contributed by atoms with Gasteiger partial charge in [0.25, 0.3) is 0 Å². The van der Waals surface area contributed by atoms with Crippen LogP contribution in [0.3, 0.4) is 0 Å². The van der Waals surface area contributed by atoms with Gasteiger partial charge in [0.15, 0.2) is 12.4 Å². The maximum absolute atomic E-state index is 13.5. The molecule has 0 spiro atoms. The molecule has 2 atom stereocenters. The van der Waals surface area contributed by atoms with Gasteiger partial charge in [-0.15, -0.1) is 0 Å². The van der Waals surface area contributed by atoms with Crippen LogP contribution in [0, 0.1) is 24.7 Å². The highest BCUT2D eigenvalue weighted by atomic mass is 19.4. The molecule has 0 aliphatic rings. The molecule has 0 radical (unpaired) electrons. The van der Waals surface area contributed by atoms with E-state index in [2.05, 4.69) is 10.6 Å². The molecule has 2 N–H and O–H groups in total. The molecule has 0 unspecified atom stereocenters. The first-order chi connectivity index (χ1) is 21.2. The topological polar surface area (TPSA) is 102 Å². The van der Waals surface area contributed by atoms with Crippen molar-refractivity contribution >= 4 is 23.4 Å². The zero-order valence-electron chi connectivity index (χ0n) is 28.1. The van der Waals surface area contributed by atoms with Crippen LogP contribution in [0.4, 0.5) is 13.2 Å². The third-order valence-electron chi connectivity index (χ3n) is 7.77. The summed E-state index contributed by atoms with van der Waals surface area (Å²) in [4.78, 5) is 52.0. The molecule has 1 rings (SSSR count). The molecule has 10 heteroatoms. The molecule has 0 bridgehead atoms. The summed E-state index contributed by atoms with van der Waals surface area (Å²) >= 11 is 0. The minimum atomic E-state index is -4.77. The number of aryl methyl sites for hydroxylation is 1. The Balaban J connectivity index is 2.75. The molecule has 0 aliphatic carbocycles. The highest BCUT2D eigenvalue weighted by molar-refractivity contribution is 5.96. The molecule has 0 fully saturated rings. The molecule has 0 aromatic heterocycles. The van der Waals surface area contributed by atoms with Crippen LogP contribution >= 0.6 is 0 Å². The van der Waals surface area contributed by atoms with E-state index in [-0.39, 0.29) is 36.0 Å². The van der Waals surface area contributed by atoms with Gasteiger partial charge in [-0.05, 0) is 69.7 Å². The Kier molecular flexibility index (Phi) is 18.9. The van der Waals surface area contributed by atoms with Crippen LogP contribution in [0.1, 0.15) is 126 Å². The van der Waals surface area contributed by atoms with Crippen LogP contribution in [0.25, 0.3) is 0 Å². The van der Waals surface area contributed by atoms with Gasteiger partial charge < -0.3 is 15.4 Å². The first-order valence-corrected chi connectivity index (χ1v) is 16.5. The minimum Gasteiger partial charge on any atom is -0.454 e. The van der Waals surface area contributed by atoms with Crippen LogP contribution in [-0.4, -0.2) is 49.7 Å². The molecule has 45 heavy (non-hydrogen) atoms. The third kappa shape index (κ3) is 16.4. The number of esters is 1. The van der Waals surface area contributed by atoms with Crippen molar-refractivity contribution < 1.29 is 37.1 Å². The molecule has 1 amide bonds. The number of carbonyl (C=O) groups is 4. The number of Topliss-reactive ketones (excluding diaryl/α,β-unsaturated/α-hetero) is 2. The number of hydrogen-bond donors (Lipinski definition) is 2. The Morgan fingerprint density at radius 3 is 1.98 bits per heavy atom. The van der Waals surface area contributed by atoms with E-state index in [1.165, 1.54) is 44.7 Å². The van der Waals surface area contributed by atoms with Crippen molar-refractivity contribution in [1.29, 1.82) is 0 Å². The van der Waals surface area contributed by atoms with E-state index in [4.69, 9.17) is 4.74 Å². The van der Waals surface area contributed by atoms with E-state index >= 15 is 0 Å². The van der Waals surface area contributed by atoms with Gasteiger partial charge in [-0.2, -0.15) is 13.2 Å². The van der Waals surface area contributed by atoms with Gasteiger partial charge in [0.2, 0.25) is 5.91 Å². The van der Waals surface area contributed by atoms with Crippen molar-refractivity contribution in [2.75, 3.05) is 20.2 Å². The van der Waals surface area contributed by atoms with Gasteiger partial charge in [-0.1, -0.05) is 78.4 Å². The van der Waals surface area contributed by atoms with Crippen molar-refractivity contribution in [2.45, 2.75) is 124 Å². The van der Waals surface area contributed by atoms with Gasteiger partial charge in [0.1, 0.15) is 5.78 Å². The maximum atomic E-state index is 13.5. The van der Waals surface area contributed by atoms with Crippen LogP contribution in [-0.2, 0) is 25.3 Å². The number of ether oxygens (including phenoxy) is 1. The van der Waals surface area contributed by atoms with Crippen LogP contribution in [0.15, 0.2) is 18.2 Å². The predicted octanol–water partition coefficient (Wildman–Crippen LogP) is 7.62. The van der Waals surface area contributed by atoms with Gasteiger partial charge >= 0.3 is 12.1 Å². The lowest BCUT2D eigenvalue weighted by molar-refractivity contribution is -0.138. The summed E-state index contributed by atoms with van der Waals surface area (Å²) < 4.78 is 45.5. The van der Waals surface area contributed by atoms with Crippen molar-refractivity contribution in [2.24, 2.45) is 17.8 Å². The largest absolute Gasteiger partial charge is 0.454 e. The average molecular weight is 641 g/mol. The second kappa shape index (κ2) is 21.1. The highest BCUT2D eigenvalue weighted by Crippen LogP contribution is 2.33. The summed E-state index contributed by atoms with van der Waals surface area (Å²) in [7, 11) is 1.96. The van der Waals surface area contributed by atoms with Crippen molar-refractivity contribution in [3.63, 3.8) is 0 Å². The van der Waals surface area contributed by atoms with Crippen LogP contribution in [0.5, 0.6) is 0 Å². The lowest BCUT2D eigenvalue weighted by Crippen LogP contribution is -2.46. The fourth-order valence-corrected chi connectivity index (χ4v) is 5.43. The monoisotopic (exact) mass is 640 g/mol. The summed E-state index contributed by atoms with van der Waals surface area (Å²) in [6, 6.07) is 2.34. The van der Waals surface area contributed by atoms with E-state index in [1.807, 2.05) is 34.7 Å². The van der Waals surface area contributed by atoms with Crippen LogP contribution < -0.4 is 10.6 Å². The van der Waals surface area contributed by atoms with E-state index in [9.17, 15) is 32.3 Å². The van der Waals surface area contributed by atoms with Crippen molar-refractivity contribution in [3.8, 4) is 0 Å². The lowest BCUT2D eigenvalue weighted by Gasteiger charge is -2.24. The number of alkyl halides is 3. The zero-order chi connectivity index (χ0) is 34.0. The number of rotatable bonds is 23. The van der Waals surface area contributed by atoms with E-state index in [0.717, 1.165) is 38.3 Å². The number of hydrogen-bond acceptors (Lipinski definition) is 6. The molecular formula is C35H55F3N2O5. The second-order valence-electron chi connectivity index (χ2n) is 13.0. The first-order valence-electron chi connectivity index (χ1n) is 16.5. The Morgan fingerprint density at radius 2 is 1.42 bits per heavy atom. The Morgan fingerprint density at radius 1 is 0.844 bits per heavy atom. The number of benzene rings is 1. The maximum Gasteiger partial charge on any atom is 0.417 e. The molecule has 0 aliphatic heterocycles. The van der Waals surface area contributed by atoms with Gasteiger partial charge in [-0.3, -0.25) is 14.4 Å². The van der Waals surface area contributed by atoms with Gasteiger partial charge in [0, 0.05) is 18.8 Å². The van der Waals surface area contributed by atoms with Crippen molar-refractivity contribution in [3.05, 3.63) is 34.9 Å². The normalized spacial score (nSPS) is 13.1. The first kappa shape index (κ1) is 40.3. The standard InChI is InChI=1S/C35H55F3N2O5/c1-24(2)20-27(22-28(41)17-13-11-9-7-8-10-12-14-19-39-6)33(43)40-30(21-25(3)4)31(42)23-45-34(44)32-26(5)16-15-18-29(32)35(36,37)38/h15-16,18,24-25,27,30,39H,7-14,17,19-23H2,1-6H3,(H,40,43)/t27-,30+/m1/s1.